The van der Waals surface area contributed by atoms with Gasteiger partial charge in [0.1, 0.15) is 11.4 Å². The molecule has 0 radical (unpaired) electrons. The van der Waals surface area contributed by atoms with E-state index in [1.54, 1.807) is 19.2 Å². The number of hydrogen-bond acceptors (Lipinski definition) is 6. The van der Waals surface area contributed by atoms with Crippen LogP contribution in [0.25, 0.3) is 0 Å². The van der Waals surface area contributed by atoms with Gasteiger partial charge in [-0.1, -0.05) is 12.8 Å². The second-order valence-electron chi connectivity index (χ2n) is 5.33. The summed E-state index contributed by atoms with van der Waals surface area (Å²) in [6, 6.07) is 1.62. The largest absolute Gasteiger partial charge is 0.462 e. The summed E-state index contributed by atoms with van der Waals surface area (Å²) >= 11 is 1.90. The third-order valence-electron chi connectivity index (χ3n) is 3.93. The Morgan fingerprint density at radius 3 is 2.86 bits per heavy atom. The summed E-state index contributed by atoms with van der Waals surface area (Å²) in [5.41, 5.74) is 6.60. The number of carbonyl (C=O) groups excluding carboxylic acids is 1. The quantitative estimate of drug-likeness (QED) is 0.787. The van der Waals surface area contributed by atoms with Gasteiger partial charge >= 0.3 is 5.97 Å². The maximum absolute atomic E-state index is 12.0. The summed E-state index contributed by atoms with van der Waals surface area (Å²) in [5, 5.41) is 3.33. The molecule has 21 heavy (non-hydrogen) atoms. The Balaban J connectivity index is 2.13. The number of ether oxygens (including phenoxy) is 1. The second kappa shape index (κ2) is 7.02. The van der Waals surface area contributed by atoms with E-state index in [2.05, 4.69) is 16.6 Å². The number of anilines is 2. The number of pyridine rings is 1. The maximum atomic E-state index is 12.0. The number of nitrogen functional groups attached to an aromatic ring is 1. The minimum absolute atomic E-state index is 0.245. The molecule has 1 aromatic heterocycles. The number of aromatic nitrogens is 1. The van der Waals surface area contributed by atoms with Crippen molar-refractivity contribution in [1.82, 2.24) is 4.98 Å². The SMILES string of the molecule is CCOC(=O)c1cc(N)cnc1NCC1(SC)CCCC1. The molecule has 1 aliphatic carbocycles. The summed E-state index contributed by atoms with van der Waals surface area (Å²) in [6.07, 6.45) is 8.64. The van der Waals surface area contributed by atoms with Gasteiger partial charge in [-0.3, -0.25) is 0 Å². The zero-order chi connectivity index (χ0) is 15.3. The van der Waals surface area contributed by atoms with Crippen LogP contribution in [0.1, 0.15) is 43.0 Å². The molecule has 0 aromatic carbocycles. The van der Waals surface area contributed by atoms with Crippen LogP contribution in [0.5, 0.6) is 0 Å². The molecule has 1 fully saturated rings. The van der Waals surface area contributed by atoms with Gasteiger partial charge in [-0.05, 0) is 32.1 Å². The number of rotatable bonds is 6. The summed E-state index contributed by atoms with van der Waals surface area (Å²) in [4.78, 5) is 16.3. The van der Waals surface area contributed by atoms with E-state index in [-0.39, 0.29) is 10.7 Å². The number of esters is 1. The van der Waals surface area contributed by atoms with Crippen LogP contribution in [0, 0.1) is 0 Å². The fraction of sp³-hybridized carbons (Fsp3) is 0.600. The van der Waals surface area contributed by atoms with E-state index in [1.165, 1.54) is 25.7 Å². The van der Waals surface area contributed by atoms with Crippen molar-refractivity contribution in [2.24, 2.45) is 0 Å². The number of nitrogens with one attached hydrogen (secondary N) is 1. The summed E-state index contributed by atoms with van der Waals surface area (Å²) in [6.45, 7) is 2.92. The van der Waals surface area contributed by atoms with Crippen molar-refractivity contribution in [3.63, 3.8) is 0 Å². The van der Waals surface area contributed by atoms with Crippen molar-refractivity contribution in [3.05, 3.63) is 17.8 Å². The van der Waals surface area contributed by atoms with Gasteiger partial charge in [-0.25, -0.2) is 9.78 Å². The van der Waals surface area contributed by atoms with Crippen LogP contribution in [0.2, 0.25) is 0 Å². The molecule has 0 atom stereocenters. The number of carbonyl (C=O) groups is 1. The van der Waals surface area contributed by atoms with Crippen LogP contribution in [-0.2, 0) is 4.74 Å². The van der Waals surface area contributed by atoms with Gasteiger partial charge in [-0.2, -0.15) is 11.8 Å². The second-order valence-corrected chi connectivity index (χ2v) is 6.61. The fourth-order valence-electron chi connectivity index (χ4n) is 2.70. The average Bonchev–Trinajstić information content (AvgIpc) is 2.95. The van der Waals surface area contributed by atoms with Crippen molar-refractivity contribution >= 4 is 29.2 Å². The summed E-state index contributed by atoms with van der Waals surface area (Å²) < 4.78 is 5.31. The monoisotopic (exact) mass is 309 g/mol. The van der Waals surface area contributed by atoms with Crippen LogP contribution >= 0.6 is 11.8 Å². The average molecular weight is 309 g/mol. The molecule has 0 aliphatic heterocycles. The first-order valence-electron chi connectivity index (χ1n) is 7.32. The Labute approximate surface area is 130 Å². The number of nitrogens with two attached hydrogens (primary N) is 1. The molecule has 5 nitrogen and oxygen atoms in total. The highest BCUT2D eigenvalue weighted by Crippen LogP contribution is 2.40. The van der Waals surface area contributed by atoms with Gasteiger partial charge < -0.3 is 15.8 Å². The number of hydrogen-bond donors (Lipinski definition) is 2. The molecule has 1 aromatic rings. The van der Waals surface area contributed by atoms with E-state index < -0.39 is 0 Å². The van der Waals surface area contributed by atoms with Gasteiger partial charge in [0.05, 0.1) is 18.5 Å². The third-order valence-corrected chi connectivity index (χ3v) is 5.35. The molecule has 1 aliphatic rings. The summed E-state index contributed by atoms with van der Waals surface area (Å²) in [7, 11) is 0. The first-order chi connectivity index (χ1) is 10.1. The third kappa shape index (κ3) is 3.81. The highest BCUT2D eigenvalue weighted by molar-refractivity contribution is 8.00. The molecule has 116 valence electrons. The van der Waals surface area contributed by atoms with Crippen LogP contribution in [0.15, 0.2) is 12.3 Å². The molecule has 0 saturated heterocycles. The molecule has 2 rings (SSSR count). The molecule has 0 bridgehead atoms. The molecule has 3 N–H and O–H groups in total. The molecular formula is C15H23N3O2S. The number of thioether (sulfide) groups is 1. The predicted octanol–water partition coefficient (Wildman–Crippen LogP) is 2.93. The van der Waals surface area contributed by atoms with Gasteiger partial charge in [0.2, 0.25) is 0 Å². The van der Waals surface area contributed by atoms with E-state index in [0.29, 0.717) is 23.7 Å². The van der Waals surface area contributed by atoms with Crippen LogP contribution in [0.3, 0.4) is 0 Å². The molecule has 0 spiro atoms. The van der Waals surface area contributed by atoms with Crippen LogP contribution < -0.4 is 11.1 Å². The standard InChI is InChI=1S/C15H23N3O2S/c1-3-20-14(19)12-8-11(16)9-17-13(12)18-10-15(21-2)6-4-5-7-15/h8-9H,3-7,10,16H2,1-2H3,(H,17,18). The van der Waals surface area contributed by atoms with Crippen molar-refractivity contribution in [1.29, 1.82) is 0 Å². The fourth-order valence-corrected chi connectivity index (χ4v) is 3.62. The topological polar surface area (TPSA) is 77.2 Å². The lowest BCUT2D eigenvalue weighted by atomic mass is 10.1. The van der Waals surface area contributed by atoms with E-state index in [1.807, 2.05) is 11.8 Å². The van der Waals surface area contributed by atoms with Crippen molar-refractivity contribution in [3.8, 4) is 0 Å². The van der Waals surface area contributed by atoms with Crippen molar-refractivity contribution in [2.75, 3.05) is 30.5 Å². The van der Waals surface area contributed by atoms with Crippen molar-refractivity contribution in [2.45, 2.75) is 37.4 Å². The minimum atomic E-state index is -0.385. The summed E-state index contributed by atoms with van der Waals surface area (Å²) in [5.74, 6) is 0.174. The lowest BCUT2D eigenvalue weighted by Crippen LogP contribution is -2.31. The molecule has 1 saturated carbocycles. The Kier molecular flexibility index (Phi) is 5.33. The van der Waals surface area contributed by atoms with Crippen LogP contribution in [0.4, 0.5) is 11.5 Å². The molecular weight excluding hydrogens is 286 g/mol. The first-order valence-corrected chi connectivity index (χ1v) is 8.54. The lowest BCUT2D eigenvalue weighted by Gasteiger charge is -2.27. The zero-order valence-electron chi connectivity index (χ0n) is 12.6. The van der Waals surface area contributed by atoms with Gasteiger partial charge in [0.25, 0.3) is 0 Å². The maximum Gasteiger partial charge on any atom is 0.341 e. The van der Waals surface area contributed by atoms with Crippen molar-refractivity contribution < 1.29 is 9.53 Å². The smallest absolute Gasteiger partial charge is 0.341 e. The Hall–Kier alpha value is -1.43. The van der Waals surface area contributed by atoms with Crippen LogP contribution in [-0.4, -0.2) is 35.1 Å². The van der Waals surface area contributed by atoms with E-state index in [9.17, 15) is 4.79 Å². The molecule has 6 heteroatoms. The Bertz CT molecular complexity index is 502. The number of nitrogens with zero attached hydrogens (tertiary/aromatic N) is 1. The predicted molar refractivity (Wildman–Crippen MR) is 87.8 cm³/mol. The highest BCUT2D eigenvalue weighted by Gasteiger charge is 2.33. The normalized spacial score (nSPS) is 16.7. The van der Waals surface area contributed by atoms with E-state index in [4.69, 9.17) is 10.5 Å². The zero-order valence-corrected chi connectivity index (χ0v) is 13.5. The molecule has 0 unspecified atom stereocenters. The lowest BCUT2D eigenvalue weighted by molar-refractivity contribution is 0.0527. The Morgan fingerprint density at radius 2 is 2.24 bits per heavy atom. The Morgan fingerprint density at radius 1 is 1.52 bits per heavy atom. The van der Waals surface area contributed by atoms with E-state index >= 15 is 0 Å². The van der Waals surface area contributed by atoms with Gasteiger partial charge in [0.15, 0.2) is 0 Å². The molecule has 0 amide bonds. The molecule has 1 heterocycles. The van der Waals surface area contributed by atoms with Gasteiger partial charge in [0, 0.05) is 11.3 Å². The van der Waals surface area contributed by atoms with E-state index in [0.717, 1.165) is 6.54 Å². The highest BCUT2D eigenvalue weighted by atomic mass is 32.2. The minimum Gasteiger partial charge on any atom is -0.462 e. The first kappa shape index (κ1) is 15.9. The van der Waals surface area contributed by atoms with Gasteiger partial charge in [-0.15, -0.1) is 0 Å².